The molecule has 0 radical (unpaired) electrons. The summed E-state index contributed by atoms with van der Waals surface area (Å²) >= 11 is 1.71. The van der Waals surface area contributed by atoms with Gasteiger partial charge in [-0.1, -0.05) is 30.3 Å². The van der Waals surface area contributed by atoms with Gasteiger partial charge in [-0.05, 0) is 55.4 Å². The van der Waals surface area contributed by atoms with Gasteiger partial charge in [-0.25, -0.2) is 4.98 Å². The van der Waals surface area contributed by atoms with E-state index in [1.165, 1.54) is 16.0 Å². The predicted molar refractivity (Wildman–Crippen MR) is 103 cm³/mol. The molecule has 4 heteroatoms. The van der Waals surface area contributed by atoms with Gasteiger partial charge in [-0.15, -0.1) is 11.3 Å². The van der Waals surface area contributed by atoms with Gasteiger partial charge in [-0.3, -0.25) is 0 Å². The summed E-state index contributed by atoms with van der Waals surface area (Å²) in [4.78, 5) is 6.92. The maximum atomic E-state index is 9.69. The predicted octanol–water partition coefficient (Wildman–Crippen LogP) is 4.84. The molecule has 0 saturated carbocycles. The molecule has 1 aliphatic rings. The zero-order valence-corrected chi connectivity index (χ0v) is 14.9. The van der Waals surface area contributed by atoms with Crippen LogP contribution < -0.4 is 5.73 Å². The van der Waals surface area contributed by atoms with Crippen molar-refractivity contribution in [2.24, 2.45) is 0 Å². The van der Waals surface area contributed by atoms with Crippen molar-refractivity contribution in [3.63, 3.8) is 0 Å². The van der Waals surface area contributed by atoms with Crippen LogP contribution in [0.3, 0.4) is 0 Å². The molecule has 2 heterocycles. The lowest BCUT2D eigenvalue weighted by molar-refractivity contribution is 0.576. The van der Waals surface area contributed by atoms with Crippen molar-refractivity contribution < 1.29 is 0 Å². The van der Waals surface area contributed by atoms with Crippen LogP contribution >= 0.6 is 11.3 Å². The quantitative estimate of drug-likeness (QED) is 0.722. The number of fused-ring (bicyclic) bond motifs is 1. The van der Waals surface area contributed by atoms with Crippen molar-refractivity contribution in [1.82, 2.24) is 4.98 Å². The molecule has 2 N–H and O–H groups in total. The number of hydrogen-bond acceptors (Lipinski definition) is 4. The Kier molecular flexibility index (Phi) is 4.03. The second-order valence-electron chi connectivity index (χ2n) is 6.54. The molecule has 0 spiro atoms. The number of aryl methyl sites for hydroxylation is 2. The zero-order chi connectivity index (χ0) is 17.4. The summed E-state index contributed by atoms with van der Waals surface area (Å²) in [6.45, 7) is 2.09. The molecule has 124 valence electrons. The van der Waals surface area contributed by atoms with Gasteiger partial charge in [0.1, 0.15) is 17.5 Å². The maximum absolute atomic E-state index is 9.69. The molecule has 0 saturated heterocycles. The summed E-state index contributed by atoms with van der Waals surface area (Å²) in [6, 6.07) is 17.1. The average Bonchev–Trinajstić information content (AvgIpc) is 3.07. The van der Waals surface area contributed by atoms with Gasteiger partial charge in [-0.2, -0.15) is 5.26 Å². The number of nitrogens with zero attached hydrogens (tertiary/aromatic N) is 2. The van der Waals surface area contributed by atoms with E-state index in [4.69, 9.17) is 5.73 Å². The molecular weight excluding hydrogens is 326 g/mol. The Morgan fingerprint density at radius 3 is 2.68 bits per heavy atom. The lowest BCUT2D eigenvalue weighted by Crippen LogP contribution is -2.17. The van der Waals surface area contributed by atoms with Crippen LogP contribution in [0.15, 0.2) is 42.5 Å². The molecule has 1 unspecified atom stereocenters. The fraction of sp³-hybridized carbons (Fsp3) is 0.238. The number of benzene rings is 1. The summed E-state index contributed by atoms with van der Waals surface area (Å²) in [5.74, 6) is 0.825. The molecule has 3 nitrogen and oxygen atoms in total. The first-order valence-electron chi connectivity index (χ1n) is 8.50. The van der Waals surface area contributed by atoms with Crippen LogP contribution in [0.25, 0.3) is 10.4 Å². The first-order chi connectivity index (χ1) is 12.2. The molecule has 4 rings (SSSR count). The molecule has 0 amide bonds. The van der Waals surface area contributed by atoms with Crippen molar-refractivity contribution in [2.75, 3.05) is 5.73 Å². The Labute approximate surface area is 151 Å². The Balaban J connectivity index is 1.87. The summed E-state index contributed by atoms with van der Waals surface area (Å²) in [7, 11) is 0. The molecule has 0 bridgehead atoms. The van der Waals surface area contributed by atoms with Crippen LogP contribution in [0.5, 0.6) is 0 Å². The van der Waals surface area contributed by atoms with Crippen LogP contribution in [-0.4, -0.2) is 4.98 Å². The number of nitriles is 1. The number of anilines is 1. The molecule has 0 fully saturated rings. The van der Waals surface area contributed by atoms with E-state index < -0.39 is 0 Å². The summed E-state index contributed by atoms with van der Waals surface area (Å²) in [6.07, 6.45) is 2.88. The monoisotopic (exact) mass is 345 g/mol. The highest BCUT2D eigenvalue weighted by Crippen LogP contribution is 2.42. The van der Waals surface area contributed by atoms with E-state index in [1.54, 1.807) is 11.3 Å². The van der Waals surface area contributed by atoms with Gasteiger partial charge in [0.2, 0.25) is 0 Å². The van der Waals surface area contributed by atoms with E-state index in [0.717, 1.165) is 35.4 Å². The van der Waals surface area contributed by atoms with Crippen molar-refractivity contribution in [3.8, 4) is 16.5 Å². The van der Waals surface area contributed by atoms with E-state index >= 15 is 0 Å². The van der Waals surface area contributed by atoms with E-state index in [-0.39, 0.29) is 0 Å². The Hall–Kier alpha value is -2.64. The molecule has 1 aliphatic carbocycles. The maximum Gasteiger partial charge on any atom is 0.142 e. The van der Waals surface area contributed by atoms with E-state index in [1.807, 2.05) is 0 Å². The average molecular weight is 345 g/mol. The van der Waals surface area contributed by atoms with Gasteiger partial charge in [0.25, 0.3) is 0 Å². The number of pyridine rings is 1. The first-order valence-corrected chi connectivity index (χ1v) is 9.32. The minimum atomic E-state index is 0.362. The number of aromatic nitrogens is 1. The molecule has 0 aliphatic heterocycles. The van der Waals surface area contributed by atoms with E-state index in [0.29, 0.717) is 17.3 Å². The number of hydrogen-bond donors (Lipinski definition) is 1. The SMILES string of the molecule is Cc1ccc(-c2c(C#N)c(N)nc3c2CC(c2ccccc2)CC3)s1. The summed E-state index contributed by atoms with van der Waals surface area (Å²) in [5, 5.41) is 9.69. The van der Waals surface area contributed by atoms with Gasteiger partial charge in [0, 0.05) is 21.0 Å². The minimum absolute atomic E-state index is 0.362. The molecule has 1 aromatic carbocycles. The highest BCUT2D eigenvalue weighted by Gasteiger charge is 2.27. The fourth-order valence-electron chi connectivity index (χ4n) is 3.74. The van der Waals surface area contributed by atoms with Crippen molar-refractivity contribution >= 4 is 17.2 Å². The standard InChI is InChI=1S/C21H19N3S/c1-13-7-10-19(25-13)20-16-11-15(14-5-3-2-4-6-14)8-9-18(16)24-21(23)17(20)12-22/h2-7,10,15H,8-9,11H2,1H3,(H2,23,24). The topological polar surface area (TPSA) is 62.7 Å². The van der Waals surface area contributed by atoms with Gasteiger partial charge in [0.05, 0.1) is 0 Å². The van der Waals surface area contributed by atoms with Crippen LogP contribution in [-0.2, 0) is 12.8 Å². The number of thiophene rings is 1. The third kappa shape index (κ3) is 2.81. The minimum Gasteiger partial charge on any atom is -0.383 e. The third-order valence-electron chi connectivity index (χ3n) is 4.96. The summed E-state index contributed by atoms with van der Waals surface area (Å²) in [5.41, 5.74) is 11.3. The fourth-order valence-corrected chi connectivity index (χ4v) is 4.69. The number of rotatable bonds is 2. The van der Waals surface area contributed by atoms with Gasteiger partial charge in [0.15, 0.2) is 0 Å². The second-order valence-corrected chi connectivity index (χ2v) is 7.83. The van der Waals surface area contributed by atoms with Crippen LogP contribution in [0.1, 0.15) is 39.6 Å². The number of nitrogens with two attached hydrogens (primary N) is 1. The zero-order valence-electron chi connectivity index (χ0n) is 14.1. The largest absolute Gasteiger partial charge is 0.383 e. The smallest absolute Gasteiger partial charge is 0.142 e. The van der Waals surface area contributed by atoms with Crippen molar-refractivity contribution in [3.05, 3.63) is 69.7 Å². The highest BCUT2D eigenvalue weighted by atomic mass is 32.1. The van der Waals surface area contributed by atoms with Gasteiger partial charge >= 0.3 is 0 Å². The van der Waals surface area contributed by atoms with Crippen molar-refractivity contribution in [1.29, 1.82) is 5.26 Å². The Morgan fingerprint density at radius 1 is 1.20 bits per heavy atom. The molecule has 25 heavy (non-hydrogen) atoms. The second kappa shape index (κ2) is 6.34. The first kappa shape index (κ1) is 15.9. The van der Waals surface area contributed by atoms with Crippen molar-refractivity contribution in [2.45, 2.75) is 32.1 Å². The Bertz CT molecular complexity index is 967. The molecule has 3 aromatic rings. The van der Waals surface area contributed by atoms with Gasteiger partial charge < -0.3 is 5.73 Å². The molecule has 2 aromatic heterocycles. The molecule has 1 atom stereocenters. The highest BCUT2D eigenvalue weighted by molar-refractivity contribution is 7.15. The van der Waals surface area contributed by atoms with E-state index in [9.17, 15) is 5.26 Å². The number of nitrogen functional groups attached to an aromatic ring is 1. The van der Waals surface area contributed by atoms with Crippen LogP contribution in [0.2, 0.25) is 0 Å². The van der Waals surface area contributed by atoms with Crippen LogP contribution in [0, 0.1) is 18.3 Å². The van der Waals surface area contributed by atoms with E-state index in [2.05, 4.69) is 60.4 Å². The molecular formula is C21H19N3S. The third-order valence-corrected chi connectivity index (χ3v) is 5.98. The normalized spacial score (nSPS) is 16.2. The Morgan fingerprint density at radius 2 is 2.00 bits per heavy atom. The summed E-state index contributed by atoms with van der Waals surface area (Å²) < 4.78 is 0. The lowest BCUT2D eigenvalue weighted by Gasteiger charge is -2.27. The van der Waals surface area contributed by atoms with Crippen LogP contribution in [0.4, 0.5) is 5.82 Å². The lowest BCUT2D eigenvalue weighted by atomic mass is 9.79.